The van der Waals surface area contributed by atoms with E-state index in [4.69, 9.17) is 4.84 Å². The van der Waals surface area contributed by atoms with Gasteiger partial charge in [-0.2, -0.15) is 5.48 Å². The Morgan fingerprint density at radius 3 is 2.26 bits per heavy atom. The summed E-state index contributed by atoms with van der Waals surface area (Å²) in [7, 11) is 0. The Labute approximate surface area is 159 Å². The molecule has 1 fully saturated rings. The zero-order chi connectivity index (χ0) is 19.1. The molecule has 0 aromatic heterocycles. The van der Waals surface area contributed by atoms with Crippen molar-refractivity contribution in [1.29, 1.82) is 0 Å². The van der Waals surface area contributed by atoms with Crippen molar-refractivity contribution in [2.75, 3.05) is 0 Å². The van der Waals surface area contributed by atoms with E-state index in [2.05, 4.69) is 5.48 Å². The molecule has 27 heavy (non-hydrogen) atoms. The molecule has 1 saturated carbocycles. The number of halogens is 1. The lowest BCUT2D eigenvalue weighted by Gasteiger charge is -2.21. The van der Waals surface area contributed by atoms with Gasteiger partial charge in [0.15, 0.2) is 0 Å². The van der Waals surface area contributed by atoms with E-state index < -0.39 is 6.10 Å². The molecule has 0 aliphatic heterocycles. The van der Waals surface area contributed by atoms with E-state index in [9.17, 15) is 14.3 Å². The zero-order valence-electron chi connectivity index (χ0n) is 15.4. The van der Waals surface area contributed by atoms with Gasteiger partial charge in [-0.15, -0.1) is 0 Å². The number of carbonyl (C=O) groups excluding carboxylic acids is 1. The van der Waals surface area contributed by atoms with Crippen LogP contribution >= 0.6 is 0 Å². The molecule has 0 spiro atoms. The van der Waals surface area contributed by atoms with E-state index in [1.165, 1.54) is 31.4 Å². The fourth-order valence-corrected chi connectivity index (χ4v) is 3.38. The maximum Gasteiger partial charge on any atom is 0.324 e. The predicted octanol–water partition coefficient (Wildman–Crippen LogP) is 4.69. The third-order valence-electron chi connectivity index (χ3n) is 5.04. The number of rotatable bonds is 7. The Hall–Kier alpha value is -2.24. The van der Waals surface area contributed by atoms with Crippen LogP contribution in [0.2, 0.25) is 0 Å². The molecule has 2 N–H and O–H groups in total. The molecule has 0 heterocycles. The summed E-state index contributed by atoms with van der Waals surface area (Å²) in [5.74, 6) is -0.613. The van der Waals surface area contributed by atoms with Crippen molar-refractivity contribution in [3.05, 3.63) is 59.9 Å². The first kappa shape index (κ1) is 19.5. The summed E-state index contributed by atoms with van der Waals surface area (Å²) in [6.07, 6.45) is 5.39. The number of benzene rings is 2. The van der Waals surface area contributed by atoms with Crippen LogP contribution < -0.4 is 5.48 Å². The van der Waals surface area contributed by atoms with Gasteiger partial charge in [0, 0.05) is 6.04 Å². The van der Waals surface area contributed by atoms with Gasteiger partial charge in [-0.05, 0) is 48.1 Å². The molecule has 2 aromatic carbocycles. The maximum absolute atomic E-state index is 13.0. The van der Waals surface area contributed by atoms with Crippen LogP contribution in [0.3, 0.4) is 0 Å². The Bertz CT molecular complexity index is 724. The van der Waals surface area contributed by atoms with Crippen LogP contribution in [-0.2, 0) is 9.63 Å². The quantitative estimate of drug-likeness (QED) is 0.694. The topological polar surface area (TPSA) is 58.6 Å². The monoisotopic (exact) mass is 371 g/mol. The van der Waals surface area contributed by atoms with Gasteiger partial charge in [-0.1, -0.05) is 55.7 Å². The van der Waals surface area contributed by atoms with Crippen molar-refractivity contribution in [3.63, 3.8) is 0 Å². The minimum Gasteiger partial charge on any atom is -0.388 e. The smallest absolute Gasteiger partial charge is 0.324 e. The summed E-state index contributed by atoms with van der Waals surface area (Å²) in [6, 6.07) is 14.0. The highest BCUT2D eigenvalue weighted by molar-refractivity contribution is 5.69. The fourth-order valence-electron chi connectivity index (χ4n) is 3.38. The molecule has 1 aliphatic carbocycles. The molecule has 1 unspecified atom stereocenters. The summed E-state index contributed by atoms with van der Waals surface area (Å²) in [6.45, 7) is 0. The fraction of sp³-hybridized carbons (Fsp3) is 0.409. The average molecular weight is 371 g/mol. The van der Waals surface area contributed by atoms with Gasteiger partial charge in [-0.25, -0.2) is 4.39 Å². The molecule has 1 atom stereocenters. The van der Waals surface area contributed by atoms with Gasteiger partial charge >= 0.3 is 5.97 Å². The summed E-state index contributed by atoms with van der Waals surface area (Å²) in [5, 5.41) is 10.3. The molecule has 1 aliphatic rings. The number of carbonyl (C=O) groups is 1. The van der Waals surface area contributed by atoms with Crippen molar-refractivity contribution >= 4 is 5.97 Å². The Balaban J connectivity index is 1.45. The van der Waals surface area contributed by atoms with E-state index >= 15 is 0 Å². The minimum atomic E-state index is -0.727. The van der Waals surface area contributed by atoms with Crippen LogP contribution in [0, 0.1) is 5.82 Å². The lowest BCUT2D eigenvalue weighted by Crippen LogP contribution is -2.33. The van der Waals surface area contributed by atoms with Crippen LogP contribution in [0.5, 0.6) is 0 Å². The molecule has 0 radical (unpaired) electrons. The highest BCUT2D eigenvalue weighted by atomic mass is 19.1. The van der Waals surface area contributed by atoms with Crippen LogP contribution in [0.25, 0.3) is 11.1 Å². The number of hydrogen-bond acceptors (Lipinski definition) is 4. The number of aliphatic hydroxyl groups excluding tert-OH is 1. The molecule has 5 heteroatoms. The molecule has 3 rings (SSSR count). The second-order valence-corrected chi connectivity index (χ2v) is 7.11. The Morgan fingerprint density at radius 2 is 1.63 bits per heavy atom. The minimum absolute atomic E-state index is 0.153. The normalized spacial score (nSPS) is 16.1. The van der Waals surface area contributed by atoms with E-state index in [1.807, 2.05) is 24.3 Å². The molecule has 144 valence electrons. The molecule has 2 aromatic rings. The van der Waals surface area contributed by atoms with E-state index in [0.717, 1.165) is 29.5 Å². The zero-order valence-corrected chi connectivity index (χ0v) is 15.4. The molecular formula is C22H26FNO3. The summed E-state index contributed by atoms with van der Waals surface area (Å²) < 4.78 is 13.0. The lowest BCUT2D eigenvalue weighted by atomic mass is 9.96. The van der Waals surface area contributed by atoms with Gasteiger partial charge in [0.25, 0.3) is 0 Å². The Kier molecular flexibility index (Phi) is 6.96. The standard InChI is InChI=1S/C22H26FNO3/c23-19-12-10-17(11-13-19)16-6-8-18(9-7-16)21(25)14-15-22(26)27-24-20-4-2-1-3-5-20/h6-13,20-21,24-25H,1-5,14-15H2. The van der Waals surface area contributed by atoms with Crippen molar-refractivity contribution < 1.29 is 19.1 Å². The number of hydroxylamine groups is 1. The highest BCUT2D eigenvalue weighted by Crippen LogP contribution is 2.24. The highest BCUT2D eigenvalue weighted by Gasteiger charge is 2.16. The molecule has 0 amide bonds. The first-order chi connectivity index (χ1) is 13.1. The number of hydrogen-bond donors (Lipinski definition) is 2. The summed E-state index contributed by atoms with van der Waals surface area (Å²) >= 11 is 0. The predicted molar refractivity (Wildman–Crippen MR) is 102 cm³/mol. The van der Waals surface area contributed by atoms with Crippen molar-refractivity contribution in [2.24, 2.45) is 0 Å². The molecule has 0 bridgehead atoms. The van der Waals surface area contributed by atoms with Gasteiger partial charge in [0.1, 0.15) is 5.82 Å². The lowest BCUT2D eigenvalue weighted by molar-refractivity contribution is -0.154. The van der Waals surface area contributed by atoms with Gasteiger partial charge in [-0.3, -0.25) is 4.79 Å². The van der Waals surface area contributed by atoms with Crippen molar-refractivity contribution in [2.45, 2.75) is 57.1 Å². The molecular weight excluding hydrogens is 345 g/mol. The first-order valence-corrected chi connectivity index (χ1v) is 9.61. The van der Waals surface area contributed by atoms with Crippen LogP contribution in [-0.4, -0.2) is 17.1 Å². The third kappa shape index (κ3) is 5.88. The van der Waals surface area contributed by atoms with Gasteiger partial charge < -0.3 is 9.94 Å². The van der Waals surface area contributed by atoms with Crippen LogP contribution in [0.1, 0.15) is 56.6 Å². The Morgan fingerprint density at radius 1 is 1.04 bits per heavy atom. The van der Waals surface area contributed by atoms with E-state index in [1.54, 1.807) is 12.1 Å². The second kappa shape index (κ2) is 9.62. The van der Waals surface area contributed by atoms with Crippen molar-refractivity contribution in [3.8, 4) is 11.1 Å². The van der Waals surface area contributed by atoms with Crippen molar-refractivity contribution in [1.82, 2.24) is 5.48 Å². The average Bonchev–Trinajstić information content (AvgIpc) is 2.72. The third-order valence-corrected chi connectivity index (χ3v) is 5.04. The first-order valence-electron chi connectivity index (χ1n) is 9.61. The maximum atomic E-state index is 13.0. The van der Waals surface area contributed by atoms with Crippen LogP contribution in [0.4, 0.5) is 4.39 Å². The van der Waals surface area contributed by atoms with E-state index in [0.29, 0.717) is 6.42 Å². The second-order valence-electron chi connectivity index (χ2n) is 7.11. The van der Waals surface area contributed by atoms with Gasteiger partial charge in [0.2, 0.25) is 0 Å². The van der Waals surface area contributed by atoms with Crippen LogP contribution in [0.15, 0.2) is 48.5 Å². The number of aliphatic hydroxyl groups is 1. The van der Waals surface area contributed by atoms with E-state index in [-0.39, 0.29) is 24.2 Å². The summed E-state index contributed by atoms with van der Waals surface area (Å²) in [4.78, 5) is 17.0. The molecule has 0 saturated heterocycles. The largest absolute Gasteiger partial charge is 0.388 e. The van der Waals surface area contributed by atoms with Gasteiger partial charge in [0.05, 0.1) is 12.5 Å². The summed E-state index contributed by atoms with van der Waals surface area (Å²) in [5.41, 5.74) is 5.46. The molecule has 4 nitrogen and oxygen atoms in total. The SMILES string of the molecule is O=C(CCC(O)c1ccc(-c2ccc(F)cc2)cc1)ONC1CCCCC1. The number of nitrogens with one attached hydrogen (secondary N) is 1.